The molecule has 0 saturated carbocycles. The summed E-state index contributed by atoms with van der Waals surface area (Å²) in [5.41, 5.74) is 0. The highest BCUT2D eigenvalue weighted by molar-refractivity contribution is 5.75. The van der Waals surface area contributed by atoms with Crippen LogP contribution in [0.25, 0.3) is 0 Å². The van der Waals surface area contributed by atoms with Crippen molar-refractivity contribution in [2.24, 2.45) is 0 Å². The maximum absolute atomic E-state index is 11.1. The Labute approximate surface area is 80.3 Å². The van der Waals surface area contributed by atoms with Crippen molar-refractivity contribution < 1.29 is 4.79 Å². The van der Waals surface area contributed by atoms with Crippen molar-refractivity contribution in [3.05, 3.63) is 0 Å². The fourth-order valence-corrected chi connectivity index (χ4v) is 1.76. The molecule has 0 radical (unpaired) electrons. The SMILES string of the molecule is CCC(=O)NC(C)C1CCCCN1. The number of nitrogens with one attached hydrogen (secondary N) is 2. The summed E-state index contributed by atoms with van der Waals surface area (Å²) in [5, 5.41) is 6.43. The molecule has 0 aliphatic carbocycles. The predicted octanol–water partition coefficient (Wildman–Crippen LogP) is 1.04. The second-order valence-corrected chi connectivity index (χ2v) is 3.77. The lowest BCUT2D eigenvalue weighted by atomic mass is 9.99. The fourth-order valence-electron chi connectivity index (χ4n) is 1.76. The van der Waals surface area contributed by atoms with E-state index in [1.807, 2.05) is 6.92 Å². The largest absolute Gasteiger partial charge is 0.352 e. The molecule has 1 aliphatic heterocycles. The molecule has 76 valence electrons. The highest BCUT2D eigenvalue weighted by atomic mass is 16.1. The minimum Gasteiger partial charge on any atom is -0.352 e. The Morgan fingerprint density at radius 1 is 1.62 bits per heavy atom. The predicted molar refractivity (Wildman–Crippen MR) is 53.5 cm³/mol. The molecule has 1 aliphatic rings. The molecule has 1 fully saturated rings. The third-order valence-electron chi connectivity index (χ3n) is 2.66. The maximum Gasteiger partial charge on any atom is 0.219 e. The van der Waals surface area contributed by atoms with E-state index < -0.39 is 0 Å². The van der Waals surface area contributed by atoms with Crippen molar-refractivity contribution >= 4 is 5.91 Å². The molecule has 1 heterocycles. The average Bonchev–Trinajstić information content (AvgIpc) is 2.19. The summed E-state index contributed by atoms with van der Waals surface area (Å²) in [4.78, 5) is 11.1. The number of carbonyl (C=O) groups is 1. The average molecular weight is 184 g/mol. The monoisotopic (exact) mass is 184 g/mol. The number of amides is 1. The second-order valence-electron chi connectivity index (χ2n) is 3.77. The van der Waals surface area contributed by atoms with Gasteiger partial charge in [-0.2, -0.15) is 0 Å². The zero-order valence-corrected chi connectivity index (χ0v) is 8.60. The molecule has 2 unspecified atom stereocenters. The maximum atomic E-state index is 11.1. The first-order chi connectivity index (χ1) is 6.24. The fraction of sp³-hybridized carbons (Fsp3) is 0.900. The normalized spacial score (nSPS) is 25.2. The summed E-state index contributed by atoms with van der Waals surface area (Å²) in [6, 6.07) is 0.747. The van der Waals surface area contributed by atoms with E-state index in [0.29, 0.717) is 12.5 Å². The minimum atomic E-state index is 0.153. The van der Waals surface area contributed by atoms with Gasteiger partial charge in [0, 0.05) is 18.5 Å². The van der Waals surface area contributed by atoms with Crippen molar-refractivity contribution in [2.45, 2.75) is 51.6 Å². The van der Waals surface area contributed by atoms with Crippen LogP contribution in [-0.4, -0.2) is 24.5 Å². The molecular formula is C10H20N2O. The van der Waals surface area contributed by atoms with Crippen LogP contribution in [0.15, 0.2) is 0 Å². The number of rotatable bonds is 3. The zero-order valence-electron chi connectivity index (χ0n) is 8.60. The number of hydrogen-bond donors (Lipinski definition) is 2. The van der Waals surface area contributed by atoms with E-state index in [1.165, 1.54) is 19.3 Å². The van der Waals surface area contributed by atoms with Crippen LogP contribution in [0.3, 0.4) is 0 Å². The van der Waals surface area contributed by atoms with Gasteiger partial charge >= 0.3 is 0 Å². The van der Waals surface area contributed by atoms with Crippen molar-refractivity contribution in [2.75, 3.05) is 6.54 Å². The molecule has 2 N–H and O–H groups in total. The summed E-state index contributed by atoms with van der Waals surface area (Å²) in [6.45, 7) is 5.06. The highest BCUT2D eigenvalue weighted by Gasteiger charge is 2.19. The zero-order chi connectivity index (χ0) is 9.68. The Kier molecular flexibility index (Phi) is 4.22. The van der Waals surface area contributed by atoms with E-state index in [4.69, 9.17) is 0 Å². The van der Waals surface area contributed by atoms with Gasteiger partial charge in [0.15, 0.2) is 0 Å². The van der Waals surface area contributed by atoms with Crippen LogP contribution in [0.1, 0.15) is 39.5 Å². The summed E-state index contributed by atoms with van der Waals surface area (Å²) >= 11 is 0. The smallest absolute Gasteiger partial charge is 0.219 e. The summed E-state index contributed by atoms with van der Waals surface area (Å²) < 4.78 is 0. The van der Waals surface area contributed by atoms with Crippen LogP contribution in [0.5, 0.6) is 0 Å². The van der Waals surface area contributed by atoms with E-state index in [-0.39, 0.29) is 11.9 Å². The summed E-state index contributed by atoms with van der Waals surface area (Å²) in [5.74, 6) is 0.153. The van der Waals surface area contributed by atoms with Gasteiger partial charge in [-0.3, -0.25) is 4.79 Å². The van der Waals surface area contributed by atoms with Gasteiger partial charge in [0.05, 0.1) is 0 Å². The number of hydrogen-bond acceptors (Lipinski definition) is 2. The third-order valence-corrected chi connectivity index (χ3v) is 2.66. The lowest BCUT2D eigenvalue weighted by molar-refractivity contribution is -0.121. The standard InChI is InChI=1S/C10H20N2O/c1-3-10(13)12-8(2)9-6-4-5-7-11-9/h8-9,11H,3-7H2,1-2H3,(H,12,13). The summed E-state index contributed by atoms with van der Waals surface area (Å²) in [7, 11) is 0. The Morgan fingerprint density at radius 2 is 2.38 bits per heavy atom. The molecule has 0 aromatic heterocycles. The van der Waals surface area contributed by atoms with Crippen molar-refractivity contribution in [3.8, 4) is 0 Å². The second kappa shape index (κ2) is 5.22. The summed E-state index contributed by atoms with van der Waals surface area (Å²) in [6.07, 6.45) is 4.32. The molecule has 0 bridgehead atoms. The highest BCUT2D eigenvalue weighted by Crippen LogP contribution is 2.10. The third kappa shape index (κ3) is 3.35. The minimum absolute atomic E-state index is 0.153. The molecule has 0 spiro atoms. The molecule has 1 rings (SSSR count). The molecule has 1 amide bonds. The van der Waals surface area contributed by atoms with E-state index >= 15 is 0 Å². The first-order valence-electron chi connectivity index (χ1n) is 5.26. The van der Waals surface area contributed by atoms with Gasteiger partial charge in [-0.05, 0) is 26.3 Å². The van der Waals surface area contributed by atoms with Gasteiger partial charge in [-0.15, -0.1) is 0 Å². The van der Waals surface area contributed by atoms with Crippen LogP contribution in [0, 0.1) is 0 Å². The van der Waals surface area contributed by atoms with Gasteiger partial charge in [-0.1, -0.05) is 13.3 Å². The van der Waals surface area contributed by atoms with E-state index in [9.17, 15) is 4.79 Å². The first-order valence-corrected chi connectivity index (χ1v) is 5.26. The Balaban J connectivity index is 2.28. The van der Waals surface area contributed by atoms with E-state index in [1.54, 1.807) is 0 Å². The topological polar surface area (TPSA) is 41.1 Å². The van der Waals surface area contributed by atoms with Gasteiger partial charge in [-0.25, -0.2) is 0 Å². The van der Waals surface area contributed by atoms with Gasteiger partial charge < -0.3 is 10.6 Å². The molecule has 3 heteroatoms. The van der Waals surface area contributed by atoms with Crippen LogP contribution in [0.2, 0.25) is 0 Å². The van der Waals surface area contributed by atoms with Crippen LogP contribution < -0.4 is 10.6 Å². The number of carbonyl (C=O) groups excluding carboxylic acids is 1. The van der Waals surface area contributed by atoms with Crippen LogP contribution in [-0.2, 0) is 4.79 Å². The molecule has 0 aromatic rings. The molecule has 0 aromatic carbocycles. The number of piperidine rings is 1. The van der Waals surface area contributed by atoms with E-state index in [0.717, 1.165) is 6.54 Å². The van der Waals surface area contributed by atoms with E-state index in [2.05, 4.69) is 17.6 Å². The molecule has 2 atom stereocenters. The molecule has 13 heavy (non-hydrogen) atoms. The lowest BCUT2D eigenvalue weighted by Gasteiger charge is -2.29. The molecule has 1 saturated heterocycles. The van der Waals surface area contributed by atoms with Crippen LogP contribution >= 0.6 is 0 Å². The van der Waals surface area contributed by atoms with Crippen molar-refractivity contribution in [1.29, 1.82) is 0 Å². The Hall–Kier alpha value is -0.570. The van der Waals surface area contributed by atoms with Crippen molar-refractivity contribution in [1.82, 2.24) is 10.6 Å². The Morgan fingerprint density at radius 3 is 2.92 bits per heavy atom. The van der Waals surface area contributed by atoms with Gasteiger partial charge in [0.2, 0.25) is 5.91 Å². The first kappa shape index (κ1) is 10.5. The van der Waals surface area contributed by atoms with Gasteiger partial charge in [0.25, 0.3) is 0 Å². The van der Waals surface area contributed by atoms with Crippen molar-refractivity contribution in [3.63, 3.8) is 0 Å². The Bertz CT molecular complexity index is 164. The molecule has 3 nitrogen and oxygen atoms in total. The quantitative estimate of drug-likeness (QED) is 0.688. The molecular weight excluding hydrogens is 164 g/mol. The van der Waals surface area contributed by atoms with Gasteiger partial charge in [0.1, 0.15) is 0 Å². The lowest BCUT2D eigenvalue weighted by Crippen LogP contribution is -2.50. The van der Waals surface area contributed by atoms with Crippen LogP contribution in [0.4, 0.5) is 0 Å².